The molecule has 4 nitrogen and oxygen atoms in total. The van der Waals surface area contributed by atoms with Crippen molar-refractivity contribution in [2.45, 2.75) is 19.9 Å². The Labute approximate surface area is 125 Å². The van der Waals surface area contributed by atoms with E-state index in [9.17, 15) is 4.79 Å². The molecule has 5 heteroatoms. The van der Waals surface area contributed by atoms with Crippen molar-refractivity contribution in [2.24, 2.45) is 0 Å². The first-order chi connectivity index (χ1) is 9.53. The van der Waals surface area contributed by atoms with Gasteiger partial charge in [0.15, 0.2) is 5.78 Å². The Kier molecular flexibility index (Phi) is 6.99. The van der Waals surface area contributed by atoms with Gasteiger partial charge >= 0.3 is 0 Å². The highest BCUT2D eigenvalue weighted by Crippen LogP contribution is 2.25. The Morgan fingerprint density at radius 2 is 2.10 bits per heavy atom. The first-order valence-electron chi connectivity index (χ1n) is 6.63. The van der Waals surface area contributed by atoms with Gasteiger partial charge in [0, 0.05) is 18.7 Å². The molecular formula is C15H22ClNO3. The number of rotatable bonds is 8. The van der Waals surface area contributed by atoms with E-state index in [0.29, 0.717) is 29.5 Å². The van der Waals surface area contributed by atoms with Crippen molar-refractivity contribution < 1.29 is 14.3 Å². The van der Waals surface area contributed by atoms with Gasteiger partial charge in [0.2, 0.25) is 0 Å². The number of benzene rings is 1. The third-order valence-electron chi connectivity index (χ3n) is 3.26. The van der Waals surface area contributed by atoms with Crippen LogP contribution in [-0.2, 0) is 4.74 Å². The molecule has 1 unspecified atom stereocenters. The van der Waals surface area contributed by atoms with Crippen LogP contribution in [-0.4, -0.2) is 50.6 Å². The SMILES string of the molecule is CCN(CC(=O)c1ccc(OC)c(Cl)c1)C(C)COC. The molecule has 0 heterocycles. The monoisotopic (exact) mass is 299 g/mol. The van der Waals surface area contributed by atoms with Crippen molar-refractivity contribution in [3.63, 3.8) is 0 Å². The van der Waals surface area contributed by atoms with Gasteiger partial charge < -0.3 is 9.47 Å². The molecule has 0 saturated carbocycles. The molecule has 0 spiro atoms. The quantitative estimate of drug-likeness (QED) is 0.692. The van der Waals surface area contributed by atoms with Gasteiger partial charge in [-0.2, -0.15) is 0 Å². The van der Waals surface area contributed by atoms with Crippen LogP contribution in [0.4, 0.5) is 0 Å². The lowest BCUT2D eigenvalue weighted by molar-refractivity contribution is 0.0788. The second kappa shape index (κ2) is 8.25. The predicted molar refractivity (Wildman–Crippen MR) is 80.9 cm³/mol. The van der Waals surface area contributed by atoms with Crippen molar-refractivity contribution >= 4 is 17.4 Å². The number of likely N-dealkylation sites (N-methyl/N-ethyl adjacent to an activating group) is 1. The summed E-state index contributed by atoms with van der Waals surface area (Å²) in [6, 6.07) is 5.30. The first kappa shape index (κ1) is 17.0. The molecule has 0 saturated heterocycles. The van der Waals surface area contributed by atoms with E-state index in [4.69, 9.17) is 21.1 Å². The van der Waals surface area contributed by atoms with Gasteiger partial charge in [0.05, 0.1) is 25.3 Å². The summed E-state index contributed by atoms with van der Waals surface area (Å²) in [6.07, 6.45) is 0. The summed E-state index contributed by atoms with van der Waals surface area (Å²) < 4.78 is 10.2. The highest BCUT2D eigenvalue weighted by molar-refractivity contribution is 6.32. The van der Waals surface area contributed by atoms with E-state index in [1.54, 1.807) is 32.4 Å². The van der Waals surface area contributed by atoms with Gasteiger partial charge in [-0.1, -0.05) is 18.5 Å². The Hall–Kier alpha value is -1.10. The Balaban J connectivity index is 2.76. The molecule has 0 aliphatic rings. The van der Waals surface area contributed by atoms with E-state index in [0.717, 1.165) is 6.54 Å². The molecule has 0 radical (unpaired) electrons. The molecule has 1 rings (SSSR count). The number of carbonyl (C=O) groups is 1. The molecule has 1 atom stereocenters. The molecule has 0 fully saturated rings. The number of halogens is 1. The fourth-order valence-corrected chi connectivity index (χ4v) is 2.30. The Morgan fingerprint density at radius 1 is 1.40 bits per heavy atom. The largest absolute Gasteiger partial charge is 0.495 e. The number of ether oxygens (including phenoxy) is 2. The summed E-state index contributed by atoms with van der Waals surface area (Å²) in [4.78, 5) is 14.4. The number of hydrogen-bond donors (Lipinski definition) is 0. The zero-order valence-corrected chi connectivity index (χ0v) is 13.2. The lowest BCUT2D eigenvalue weighted by Crippen LogP contribution is -2.39. The fraction of sp³-hybridized carbons (Fsp3) is 0.533. The van der Waals surface area contributed by atoms with Gasteiger partial charge in [0.25, 0.3) is 0 Å². The van der Waals surface area contributed by atoms with Crippen molar-refractivity contribution in [3.8, 4) is 5.75 Å². The molecule has 0 N–H and O–H groups in total. The average molecular weight is 300 g/mol. The minimum absolute atomic E-state index is 0.0411. The number of Topliss-reactive ketones (excluding diaryl/α,β-unsaturated/α-hetero) is 1. The second-order valence-corrected chi connectivity index (χ2v) is 5.05. The van der Waals surface area contributed by atoms with Crippen LogP contribution in [0.2, 0.25) is 5.02 Å². The van der Waals surface area contributed by atoms with Crippen LogP contribution < -0.4 is 4.74 Å². The van der Waals surface area contributed by atoms with Crippen LogP contribution in [0.3, 0.4) is 0 Å². The summed E-state index contributed by atoms with van der Waals surface area (Å²) in [7, 11) is 3.21. The maximum Gasteiger partial charge on any atom is 0.176 e. The van der Waals surface area contributed by atoms with Gasteiger partial charge in [-0.15, -0.1) is 0 Å². The van der Waals surface area contributed by atoms with Crippen molar-refractivity contribution in [3.05, 3.63) is 28.8 Å². The highest BCUT2D eigenvalue weighted by atomic mass is 35.5. The highest BCUT2D eigenvalue weighted by Gasteiger charge is 2.17. The summed E-state index contributed by atoms with van der Waals surface area (Å²) in [6.45, 7) is 5.82. The maximum atomic E-state index is 12.3. The molecule has 112 valence electrons. The van der Waals surface area contributed by atoms with Crippen LogP contribution in [0.25, 0.3) is 0 Å². The topological polar surface area (TPSA) is 38.8 Å². The third-order valence-corrected chi connectivity index (χ3v) is 3.55. The van der Waals surface area contributed by atoms with E-state index in [1.165, 1.54) is 0 Å². The smallest absolute Gasteiger partial charge is 0.176 e. The minimum atomic E-state index is 0.0411. The van der Waals surface area contributed by atoms with Gasteiger partial charge in [-0.3, -0.25) is 9.69 Å². The number of hydrogen-bond acceptors (Lipinski definition) is 4. The van der Waals surface area contributed by atoms with Crippen LogP contribution in [0.5, 0.6) is 5.75 Å². The lowest BCUT2D eigenvalue weighted by Gasteiger charge is -2.26. The van der Waals surface area contributed by atoms with Crippen LogP contribution in [0.1, 0.15) is 24.2 Å². The summed E-state index contributed by atoms with van der Waals surface area (Å²) in [5.74, 6) is 0.614. The van der Waals surface area contributed by atoms with Crippen molar-refractivity contribution in [1.82, 2.24) is 4.90 Å². The summed E-state index contributed by atoms with van der Waals surface area (Å²) in [5, 5.41) is 0.450. The van der Waals surface area contributed by atoms with E-state index in [2.05, 4.69) is 4.90 Å². The molecule has 0 aromatic heterocycles. The van der Waals surface area contributed by atoms with E-state index in [-0.39, 0.29) is 11.8 Å². The maximum absolute atomic E-state index is 12.3. The molecular weight excluding hydrogens is 278 g/mol. The normalized spacial score (nSPS) is 12.5. The zero-order chi connectivity index (χ0) is 15.1. The van der Waals surface area contributed by atoms with Crippen LogP contribution in [0.15, 0.2) is 18.2 Å². The Bertz CT molecular complexity index is 451. The number of nitrogens with zero attached hydrogens (tertiary/aromatic N) is 1. The van der Waals surface area contributed by atoms with E-state index in [1.807, 2.05) is 13.8 Å². The van der Waals surface area contributed by atoms with Crippen LogP contribution in [0, 0.1) is 0 Å². The zero-order valence-electron chi connectivity index (χ0n) is 12.5. The summed E-state index contributed by atoms with van der Waals surface area (Å²) in [5.41, 5.74) is 0.596. The summed E-state index contributed by atoms with van der Waals surface area (Å²) >= 11 is 6.05. The van der Waals surface area contributed by atoms with Gasteiger partial charge in [-0.25, -0.2) is 0 Å². The predicted octanol–water partition coefficient (Wildman–Crippen LogP) is 2.89. The standard InChI is InChI=1S/C15H22ClNO3/c1-5-17(11(2)10-19-3)9-14(18)12-6-7-15(20-4)13(16)8-12/h6-8,11H,5,9-10H2,1-4H3. The lowest BCUT2D eigenvalue weighted by atomic mass is 10.1. The molecule has 1 aromatic rings. The number of methoxy groups -OCH3 is 2. The first-order valence-corrected chi connectivity index (χ1v) is 7.01. The molecule has 0 aliphatic carbocycles. The fourth-order valence-electron chi connectivity index (χ4n) is 2.04. The molecule has 1 aromatic carbocycles. The number of ketones is 1. The van der Waals surface area contributed by atoms with Crippen molar-refractivity contribution in [1.29, 1.82) is 0 Å². The molecule has 0 amide bonds. The Morgan fingerprint density at radius 3 is 2.60 bits per heavy atom. The third kappa shape index (κ3) is 4.47. The van der Waals surface area contributed by atoms with E-state index >= 15 is 0 Å². The van der Waals surface area contributed by atoms with Gasteiger partial charge in [0.1, 0.15) is 5.75 Å². The second-order valence-electron chi connectivity index (χ2n) is 4.64. The van der Waals surface area contributed by atoms with Crippen molar-refractivity contribution in [2.75, 3.05) is 33.9 Å². The minimum Gasteiger partial charge on any atom is -0.495 e. The van der Waals surface area contributed by atoms with E-state index < -0.39 is 0 Å². The molecule has 0 bridgehead atoms. The molecule has 20 heavy (non-hydrogen) atoms. The number of carbonyl (C=O) groups excluding carboxylic acids is 1. The van der Waals surface area contributed by atoms with Crippen LogP contribution >= 0.6 is 11.6 Å². The average Bonchev–Trinajstić information content (AvgIpc) is 2.44. The van der Waals surface area contributed by atoms with Gasteiger partial charge in [-0.05, 0) is 31.7 Å². The molecule has 0 aliphatic heterocycles.